The van der Waals surface area contributed by atoms with Crippen molar-refractivity contribution in [2.45, 2.75) is 0 Å². The zero-order chi connectivity index (χ0) is 16.7. The Kier molecular flexibility index (Phi) is 6.41. The molecule has 0 saturated heterocycles. The Morgan fingerprint density at radius 1 is 1.39 bits per heavy atom. The number of benzene rings is 1. The van der Waals surface area contributed by atoms with Crippen molar-refractivity contribution in [1.29, 1.82) is 5.26 Å². The Hall–Kier alpha value is -2.07. The maximum absolute atomic E-state index is 12.0. The van der Waals surface area contributed by atoms with Gasteiger partial charge in [0.05, 0.1) is 12.6 Å². The fourth-order valence-electron chi connectivity index (χ4n) is 1.90. The molecule has 23 heavy (non-hydrogen) atoms. The molecule has 0 fully saturated rings. The van der Waals surface area contributed by atoms with Gasteiger partial charge in [-0.3, -0.25) is 4.79 Å². The first-order valence-corrected chi connectivity index (χ1v) is 8.31. The molecule has 2 rings (SSSR count). The Labute approximate surface area is 144 Å². The average Bonchev–Trinajstić information content (AvgIpc) is 2.96. The lowest BCUT2D eigenvalue weighted by Crippen LogP contribution is -3.10. The van der Waals surface area contributed by atoms with E-state index in [0.29, 0.717) is 35.3 Å². The smallest absolute Gasteiger partial charge is 0.280 e. The molecule has 1 heterocycles. The Bertz CT molecular complexity index is 694. The minimum Gasteiger partial charge on any atom is -0.488 e. The van der Waals surface area contributed by atoms with Crippen molar-refractivity contribution in [3.05, 3.63) is 46.3 Å². The molecule has 2 N–H and O–H groups in total. The van der Waals surface area contributed by atoms with E-state index in [1.54, 1.807) is 23.6 Å². The van der Waals surface area contributed by atoms with Crippen LogP contribution in [0.5, 0.6) is 5.75 Å². The van der Waals surface area contributed by atoms with E-state index in [9.17, 15) is 4.79 Å². The van der Waals surface area contributed by atoms with Gasteiger partial charge in [0.25, 0.3) is 5.91 Å². The van der Waals surface area contributed by atoms with Gasteiger partial charge in [0, 0.05) is 5.02 Å². The number of thiophene rings is 1. The van der Waals surface area contributed by atoms with Crippen LogP contribution in [0.3, 0.4) is 0 Å². The Balaban J connectivity index is 1.72. The van der Waals surface area contributed by atoms with Gasteiger partial charge in [0.2, 0.25) is 0 Å². The van der Waals surface area contributed by atoms with Gasteiger partial charge in [-0.15, -0.1) is 11.3 Å². The van der Waals surface area contributed by atoms with Gasteiger partial charge in [-0.25, -0.2) is 0 Å². The van der Waals surface area contributed by atoms with Crippen LogP contribution in [0.2, 0.25) is 5.02 Å². The lowest BCUT2D eigenvalue weighted by molar-refractivity contribution is -0.871. The number of rotatable bonds is 7. The molecule has 5 nitrogen and oxygen atoms in total. The van der Waals surface area contributed by atoms with E-state index < -0.39 is 0 Å². The largest absolute Gasteiger partial charge is 0.488 e. The highest BCUT2D eigenvalue weighted by molar-refractivity contribution is 7.14. The maximum atomic E-state index is 12.0. The van der Waals surface area contributed by atoms with Gasteiger partial charge >= 0.3 is 0 Å². The molecule has 1 amide bonds. The second-order valence-electron chi connectivity index (χ2n) is 5.01. The average molecular weight is 351 g/mol. The monoisotopic (exact) mass is 350 g/mol. The summed E-state index contributed by atoms with van der Waals surface area (Å²) in [4.78, 5) is 13.0. The van der Waals surface area contributed by atoms with Crippen molar-refractivity contribution in [3.63, 3.8) is 0 Å². The molecule has 0 aliphatic rings. The highest BCUT2D eigenvalue weighted by Crippen LogP contribution is 2.21. The van der Waals surface area contributed by atoms with E-state index in [4.69, 9.17) is 21.6 Å². The first-order chi connectivity index (χ1) is 11.1. The summed E-state index contributed by atoms with van der Waals surface area (Å²) in [7, 11) is 1.92. The van der Waals surface area contributed by atoms with Crippen LogP contribution in [0.25, 0.3) is 0 Å². The maximum Gasteiger partial charge on any atom is 0.280 e. The summed E-state index contributed by atoms with van der Waals surface area (Å²) in [6, 6.07) is 10.9. The number of halogens is 1. The zero-order valence-corrected chi connectivity index (χ0v) is 14.2. The standard InChI is InChI=1S/C16H16ClN3O2S/c1-20(7-8-22-14-4-2-13(17)3-5-14)11-15(21)19-16-12(10-18)6-9-23-16/h2-6,9H,7-8,11H2,1H3,(H,19,21)/p+1. The summed E-state index contributed by atoms with van der Waals surface area (Å²) in [6.45, 7) is 1.50. The number of ether oxygens (including phenoxy) is 1. The van der Waals surface area contributed by atoms with E-state index in [0.717, 1.165) is 10.6 Å². The second kappa shape index (κ2) is 8.53. The van der Waals surface area contributed by atoms with Gasteiger partial charge in [-0.1, -0.05) is 11.6 Å². The number of anilines is 1. The third-order valence-electron chi connectivity index (χ3n) is 3.11. The van der Waals surface area contributed by atoms with E-state index in [1.165, 1.54) is 11.3 Å². The van der Waals surface area contributed by atoms with Crippen LogP contribution in [-0.4, -0.2) is 32.7 Å². The molecule has 0 radical (unpaired) electrons. The molecule has 1 aromatic heterocycles. The number of hydrogen-bond acceptors (Lipinski definition) is 4. The van der Waals surface area contributed by atoms with E-state index >= 15 is 0 Å². The van der Waals surface area contributed by atoms with Crippen LogP contribution < -0.4 is 15.0 Å². The summed E-state index contributed by atoms with van der Waals surface area (Å²) >= 11 is 7.16. The number of likely N-dealkylation sites (N-methyl/N-ethyl adjacent to an activating group) is 1. The van der Waals surface area contributed by atoms with Gasteiger partial charge in [0.1, 0.15) is 30.0 Å². The number of carbonyl (C=O) groups excluding carboxylic acids is 1. The van der Waals surface area contributed by atoms with Crippen molar-refractivity contribution in [1.82, 2.24) is 0 Å². The van der Waals surface area contributed by atoms with Crippen LogP contribution in [0.15, 0.2) is 35.7 Å². The summed E-state index contributed by atoms with van der Waals surface area (Å²) in [6.07, 6.45) is 0. The number of carbonyl (C=O) groups is 1. The number of amides is 1. The van der Waals surface area contributed by atoms with Crippen LogP contribution in [0.4, 0.5) is 5.00 Å². The van der Waals surface area contributed by atoms with Crippen molar-refractivity contribution in [2.24, 2.45) is 0 Å². The number of hydrogen-bond donors (Lipinski definition) is 2. The highest BCUT2D eigenvalue weighted by Gasteiger charge is 2.13. The molecule has 1 unspecified atom stereocenters. The molecule has 0 saturated carbocycles. The summed E-state index contributed by atoms with van der Waals surface area (Å²) in [5.74, 6) is 0.636. The second-order valence-corrected chi connectivity index (χ2v) is 6.36. The molecular formula is C16H17ClN3O2S+. The minimum atomic E-state index is -0.118. The number of nitrogens with zero attached hydrogens (tertiary/aromatic N) is 1. The predicted octanol–water partition coefficient (Wildman–Crippen LogP) is 1.81. The van der Waals surface area contributed by atoms with Crippen LogP contribution in [0.1, 0.15) is 5.56 Å². The quantitative estimate of drug-likeness (QED) is 0.800. The first-order valence-electron chi connectivity index (χ1n) is 7.05. The molecule has 1 aromatic carbocycles. The van der Waals surface area contributed by atoms with Gasteiger partial charge in [0.15, 0.2) is 6.54 Å². The fourth-order valence-corrected chi connectivity index (χ4v) is 2.78. The lowest BCUT2D eigenvalue weighted by Gasteiger charge is -2.14. The number of nitrogens with one attached hydrogen (secondary N) is 2. The van der Waals surface area contributed by atoms with Crippen LogP contribution >= 0.6 is 22.9 Å². The predicted molar refractivity (Wildman–Crippen MR) is 91.2 cm³/mol. The van der Waals surface area contributed by atoms with Gasteiger partial charge in [-0.05, 0) is 35.7 Å². The Morgan fingerprint density at radius 3 is 2.83 bits per heavy atom. The summed E-state index contributed by atoms with van der Waals surface area (Å²) in [5.41, 5.74) is 0.493. The fraction of sp³-hybridized carbons (Fsp3) is 0.250. The molecule has 7 heteroatoms. The van der Waals surface area contributed by atoms with Crippen molar-refractivity contribution in [3.8, 4) is 11.8 Å². The van der Waals surface area contributed by atoms with E-state index in [1.807, 2.05) is 19.2 Å². The molecule has 120 valence electrons. The van der Waals surface area contributed by atoms with Crippen molar-refractivity contribution >= 4 is 33.8 Å². The topological polar surface area (TPSA) is 66.6 Å². The van der Waals surface area contributed by atoms with Crippen LogP contribution in [-0.2, 0) is 4.79 Å². The zero-order valence-electron chi connectivity index (χ0n) is 12.6. The highest BCUT2D eigenvalue weighted by atomic mass is 35.5. The first kappa shape index (κ1) is 17.3. The lowest BCUT2D eigenvalue weighted by atomic mass is 10.3. The normalized spacial score (nSPS) is 11.5. The minimum absolute atomic E-state index is 0.118. The van der Waals surface area contributed by atoms with Gasteiger partial charge < -0.3 is 15.0 Å². The summed E-state index contributed by atoms with van der Waals surface area (Å²) in [5, 5.41) is 14.7. The van der Waals surface area contributed by atoms with Crippen molar-refractivity contribution < 1.29 is 14.4 Å². The third-order valence-corrected chi connectivity index (χ3v) is 4.19. The number of quaternary nitrogens is 1. The molecule has 0 bridgehead atoms. The van der Waals surface area contributed by atoms with E-state index in [-0.39, 0.29) is 5.91 Å². The SMILES string of the molecule is C[NH+](CCOc1ccc(Cl)cc1)CC(=O)Nc1sccc1C#N. The van der Waals surface area contributed by atoms with Crippen molar-refractivity contribution in [2.75, 3.05) is 32.1 Å². The third kappa shape index (κ3) is 5.57. The van der Waals surface area contributed by atoms with Gasteiger partial charge in [-0.2, -0.15) is 5.26 Å². The molecule has 0 aliphatic heterocycles. The number of nitriles is 1. The molecule has 1 atom stereocenters. The van der Waals surface area contributed by atoms with Crippen LogP contribution in [0, 0.1) is 11.3 Å². The molecule has 0 aliphatic carbocycles. The molecular weight excluding hydrogens is 334 g/mol. The molecule has 2 aromatic rings. The summed E-state index contributed by atoms with van der Waals surface area (Å²) < 4.78 is 5.60. The Morgan fingerprint density at radius 2 is 2.13 bits per heavy atom. The van der Waals surface area contributed by atoms with E-state index in [2.05, 4.69) is 11.4 Å². The molecule has 0 spiro atoms.